The van der Waals surface area contributed by atoms with Crippen LogP contribution in [0.25, 0.3) is 0 Å². The highest BCUT2D eigenvalue weighted by Gasteiger charge is 2.30. The first kappa shape index (κ1) is 11.1. The van der Waals surface area contributed by atoms with Crippen LogP contribution in [0.4, 0.5) is 11.5 Å². The molecule has 0 bridgehead atoms. The van der Waals surface area contributed by atoms with Crippen LogP contribution in [0.2, 0.25) is 5.02 Å². The van der Waals surface area contributed by atoms with Gasteiger partial charge in [-0.05, 0) is 43.6 Å². The van der Waals surface area contributed by atoms with E-state index in [1.807, 2.05) is 0 Å². The predicted molar refractivity (Wildman–Crippen MR) is 71.3 cm³/mol. The fourth-order valence-electron chi connectivity index (χ4n) is 2.18. The van der Waals surface area contributed by atoms with E-state index in [0.717, 1.165) is 30.7 Å². The molecule has 4 heteroatoms. The molecular weight excluding hydrogens is 234 g/mol. The Balaban J connectivity index is 1.78. The molecule has 1 aromatic heterocycles. The monoisotopic (exact) mass is 251 g/mol. The summed E-state index contributed by atoms with van der Waals surface area (Å²) in [4.78, 5) is 6.77. The molecule has 3 rings (SSSR count). The molecule has 3 nitrogen and oxygen atoms in total. The molecule has 0 spiro atoms. The summed E-state index contributed by atoms with van der Waals surface area (Å²) in [6.45, 7) is 2.21. The van der Waals surface area contributed by atoms with E-state index in [0.29, 0.717) is 10.7 Å². The zero-order chi connectivity index (χ0) is 11.8. The number of anilines is 2. The maximum atomic E-state index is 6.03. The maximum Gasteiger partial charge on any atom is 0.151 e. The molecule has 2 fully saturated rings. The summed E-state index contributed by atoms with van der Waals surface area (Å²) in [7, 11) is 0. The van der Waals surface area contributed by atoms with Crippen LogP contribution in [0, 0.1) is 11.8 Å². The van der Waals surface area contributed by atoms with E-state index in [9.17, 15) is 0 Å². The number of nitrogens with zero attached hydrogens (tertiary/aromatic N) is 2. The van der Waals surface area contributed by atoms with Gasteiger partial charge in [0, 0.05) is 19.3 Å². The molecule has 1 aromatic rings. The fourth-order valence-corrected chi connectivity index (χ4v) is 2.35. The Morgan fingerprint density at radius 2 is 1.82 bits per heavy atom. The van der Waals surface area contributed by atoms with Crippen molar-refractivity contribution in [1.29, 1.82) is 0 Å². The summed E-state index contributed by atoms with van der Waals surface area (Å²) < 4.78 is 0. The van der Waals surface area contributed by atoms with Gasteiger partial charge in [-0.2, -0.15) is 0 Å². The van der Waals surface area contributed by atoms with Crippen LogP contribution in [0.1, 0.15) is 25.7 Å². The van der Waals surface area contributed by atoms with E-state index in [1.54, 1.807) is 12.3 Å². The molecule has 0 aromatic carbocycles. The zero-order valence-electron chi connectivity index (χ0n) is 9.90. The van der Waals surface area contributed by atoms with Crippen molar-refractivity contribution in [3.05, 3.63) is 17.3 Å². The highest BCUT2D eigenvalue weighted by molar-refractivity contribution is 6.30. The number of nitrogen functional groups attached to an aromatic ring is 1. The third-order valence-corrected chi connectivity index (χ3v) is 3.72. The molecule has 2 aliphatic carbocycles. The third kappa shape index (κ3) is 2.83. The van der Waals surface area contributed by atoms with Crippen LogP contribution < -0.4 is 10.6 Å². The van der Waals surface area contributed by atoms with Crippen molar-refractivity contribution < 1.29 is 0 Å². The average molecular weight is 252 g/mol. The van der Waals surface area contributed by atoms with E-state index >= 15 is 0 Å². The van der Waals surface area contributed by atoms with E-state index in [1.165, 1.54) is 25.7 Å². The van der Waals surface area contributed by atoms with Crippen molar-refractivity contribution in [2.75, 3.05) is 23.7 Å². The molecule has 2 N–H and O–H groups in total. The summed E-state index contributed by atoms with van der Waals surface area (Å²) in [6, 6.07) is 1.80. The molecular formula is C13H18ClN3. The van der Waals surface area contributed by atoms with E-state index < -0.39 is 0 Å². The molecule has 0 aliphatic heterocycles. The minimum atomic E-state index is 0.615. The van der Waals surface area contributed by atoms with Crippen LogP contribution >= 0.6 is 11.6 Å². The van der Waals surface area contributed by atoms with Gasteiger partial charge in [-0.25, -0.2) is 4.98 Å². The van der Waals surface area contributed by atoms with Gasteiger partial charge >= 0.3 is 0 Å². The van der Waals surface area contributed by atoms with Crippen LogP contribution in [0.15, 0.2) is 12.3 Å². The molecule has 17 heavy (non-hydrogen) atoms. The Morgan fingerprint density at radius 3 is 2.29 bits per heavy atom. The third-order valence-electron chi connectivity index (χ3n) is 3.51. The highest BCUT2D eigenvalue weighted by Crippen LogP contribution is 2.36. The summed E-state index contributed by atoms with van der Waals surface area (Å²) >= 11 is 5.90. The number of rotatable bonds is 5. The quantitative estimate of drug-likeness (QED) is 0.875. The SMILES string of the molecule is Nc1cc(Cl)cnc1N(CC1CC1)CC1CC1. The van der Waals surface area contributed by atoms with Crippen molar-refractivity contribution in [3.63, 3.8) is 0 Å². The zero-order valence-corrected chi connectivity index (χ0v) is 10.7. The smallest absolute Gasteiger partial charge is 0.151 e. The van der Waals surface area contributed by atoms with Crippen molar-refractivity contribution >= 4 is 23.1 Å². The number of aromatic nitrogens is 1. The summed E-state index contributed by atoms with van der Waals surface area (Å²) in [5, 5.41) is 0.615. The molecule has 0 radical (unpaired) electrons. The first-order chi connectivity index (χ1) is 8.22. The van der Waals surface area contributed by atoms with Crippen molar-refractivity contribution in [1.82, 2.24) is 4.98 Å². The Bertz CT molecular complexity index is 399. The Kier molecular flexibility index (Phi) is 2.87. The maximum absolute atomic E-state index is 6.03. The lowest BCUT2D eigenvalue weighted by Gasteiger charge is -2.25. The number of hydrogen-bond acceptors (Lipinski definition) is 3. The minimum absolute atomic E-state index is 0.615. The van der Waals surface area contributed by atoms with E-state index in [4.69, 9.17) is 17.3 Å². The Morgan fingerprint density at radius 1 is 1.24 bits per heavy atom. The van der Waals surface area contributed by atoms with Gasteiger partial charge in [0.15, 0.2) is 5.82 Å². The lowest BCUT2D eigenvalue weighted by atomic mass is 10.3. The fraction of sp³-hybridized carbons (Fsp3) is 0.615. The summed E-state index contributed by atoms with van der Waals surface area (Å²) in [5.74, 6) is 2.63. The Hall–Kier alpha value is -0.960. The first-order valence-electron chi connectivity index (χ1n) is 6.38. The van der Waals surface area contributed by atoms with Gasteiger partial charge in [0.2, 0.25) is 0 Å². The van der Waals surface area contributed by atoms with Crippen LogP contribution in [-0.2, 0) is 0 Å². The second-order valence-corrected chi connectivity index (χ2v) is 5.79. The highest BCUT2D eigenvalue weighted by atomic mass is 35.5. The van der Waals surface area contributed by atoms with Gasteiger partial charge in [-0.15, -0.1) is 0 Å². The number of hydrogen-bond donors (Lipinski definition) is 1. The summed E-state index contributed by atoms with van der Waals surface area (Å²) in [5.41, 5.74) is 6.73. The van der Waals surface area contributed by atoms with Gasteiger partial charge in [0.1, 0.15) is 0 Å². The average Bonchev–Trinajstić information content (AvgIpc) is 3.11. The predicted octanol–water partition coefficient (Wildman–Crippen LogP) is 2.94. The van der Waals surface area contributed by atoms with Crippen molar-refractivity contribution in [2.45, 2.75) is 25.7 Å². The van der Waals surface area contributed by atoms with Crippen LogP contribution in [0.5, 0.6) is 0 Å². The van der Waals surface area contributed by atoms with Crippen molar-refractivity contribution in [3.8, 4) is 0 Å². The largest absolute Gasteiger partial charge is 0.396 e. The standard InChI is InChI=1S/C13H18ClN3/c14-11-5-12(15)13(16-6-11)17(7-9-1-2-9)8-10-3-4-10/h5-6,9-10H,1-4,7-8,15H2. The molecule has 92 valence electrons. The molecule has 1 heterocycles. The Labute approximate surface area is 107 Å². The summed E-state index contributed by atoms with van der Waals surface area (Å²) in [6.07, 6.45) is 7.12. The molecule has 2 saturated carbocycles. The lowest BCUT2D eigenvalue weighted by Crippen LogP contribution is -2.29. The molecule has 0 atom stereocenters. The van der Waals surface area contributed by atoms with Gasteiger partial charge in [0.25, 0.3) is 0 Å². The van der Waals surface area contributed by atoms with Gasteiger partial charge in [-0.3, -0.25) is 0 Å². The van der Waals surface area contributed by atoms with Crippen molar-refractivity contribution in [2.24, 2.45) is 11.8 Å². The van der Waals surface area contributed by atoms with Gasteiger partial charge in [-0.1, -0.05) is 11.6 Å². The number of halogens is 1. The van der Waals surface area contributed by atoms with Crippen LogP contribution in [0.3, 0.4) is 0 Å². The first-order valence-corrected chi connectivity index (χ1v) is 6.76. The van der Waals surface area contributed by atoms with E-state index in [-0.39, 0.29) is 0 Å². The second-order valence-electron chi connectivity index (χ2n) is 5.36. The molecule has 0 amide bonds. The van der Waals surface area contributed by atoms with E-state index in [2.05, 4.69) is 9.88 Å². The molecule has 0 unspecified atom stereocenters. The lowest BCUT2D eigenvalue weighted by molar-refractivity contribution is 0.672. The second kappa shape index (κ2) is 4.37. The topological polar surface area (TPSA) is 42.1 Å². The minimum Gasteiger partial charge on any atom is -0.396 e. The van der Waals surface area contributed by atoms with Crippen LogP contribution in [-0.4, -0.2) is 18.1 Å². The number of pyridine rings is 1. The molecule has 0 saturated heterocycles. The molecule has 2 aliphatic rings. The van der Waals surface area contributed by atoms with Gasteiger partial charge < -0.3 is 10.6 Å². The normalized spacial score (nSPS) is 19.4. The van der Waals surface area contributed by atoms with Gasteiger partial charge in [0.05, 0.1) is 10.7 Å². The number of nitrogens with two attached hydrogens (primary N) is 1.